The number of carbonyl (C=O) groups is 2. The van der Waals surface area contributed by atoms with E-state index in [1.165, 1.54) is 29.0 Å². The summed E-state index contributed by atoms with van der Waals surface area (Å²) in [5, 5.41) is 4.14. The summed E-state index contributed by atoms with van der Waals surface area (Å²) in [6, 6.07) is 3.84. The van der Waals surface area contributed by atoms with Crippen LogP contribution in [0.3, 0.4) is 0 Å². The zero-order chi connectivity index (χ0) is 26.4. The summed E-state index contributed by atoms with van der Waals surface area (Å²) < 4.78 is 38.9. The lowest BCUT2D eigenvalue weighted by Gasteiger charge is -2.22. The van der Waals surface area contributed by atoms with Crippen LogP contribution in [-0.2, 0) is 20.9 Å². The van der Waals surface area contributed by atoms with Crippen LogP contribution in [-0.4, -0.2) is 39.2 Å². The standard InChI is InChI=1S/C25H25F2N5O4/c1-15(2)23(36-13-20-19(27)9-18(26)12-28-20)8-17(4)31(14-33)22-10-24(29-11-16(22)3)32-21(6-7-30-32)25(34)35-5/h6-12,14H,13H2,1-5H3/b17-8-. The first-order valence-electron chi connectivity index (χ1n) is 10.8. The van der Waals surface area contributed by atoms with Crippen molar-refractivity contribution >= 4 is 18.1 Å². The molecule has 0 spiro atoms. The Bertz CT molecular complexity index is 1350. The molecule has 1 amide bonds. The molecule has 36 heavy (non-hydrogen) atoms. The Kier molecular flexibility index (Phi) is 8.26. The van der Waals surface area contributed by atoms with Crippen LogP contribution in [0.5, 0.6) is 0 Å². The van der Waals surface area contributed by atoms with Crippen LogP contribution in [0.1, 0.15) is 42.5 Å². The minimum atomic E-state index is -0.816. The van der Waals surface area contributed by atoms with Gasteiger partial charge < -0.3 is 9.47 Å². The Hall–Kier alpha value is -4.41. The second-order valence-electron chi connectivity index (χ2n) is 7.94. The van der Waals surface area contributed by atoms with Crippen LogP contribution in [0.25, 0.3) is 5.82 Å². The van der Waals surface area contributed by atoms with E-state index >= 15 is 0 Å². The van der Waals surface area contributed by atoms with Gasteiger partial charge >= 0.3 is 5.97 Å². The van der Waals surface area contributed by atoms with Crippen LogP contribution in [0, 0.1) is 18.6 Å². The summed E-state index contributed by atoms with van der Waals surface area (Å²) in [6.45, 7) is 6.83. The number of esters is 1. The fourth-order valence-corrected chi connectivity index (χ4v) is 3.24. The molecule has 0 radical (unpaired) electrons. The van der Waals surface area contributed by atoms with Crippen LogP contribution in [0.15, 0.2) is 59.9 Å². The number of carbonyl (C=O) groups excluding carboxylic acids is 2. The van der Waals surface area contributed by atoms with Crippen LogP contribution in [0.2, 0.25) is 0 Å². The van der Waals surface area contributed by atoms with Gasteiger partial charge in [-0.05, 0) is 51.0 Å². The van der Waals surface area contributed by atoms with Crippen molar-refractivity contribution < 1.29 is 27.8 Å². The second kappa shape index (κ2) is 11.3. The summed E-state index contributed by atoms with van der Waals surface area (Å²) >= 11 is 0. The molecule has 3 rings (SSSR count). The average molecular weight is 498 g/mol. The number of allylic oxidation sites excluding steroid dienone is 3. The Morgan fingerprint density at radius 2 is 1.92 bits per heavy atom. The number of halogens is 2. The number of hydrogen-bond donors (Lipinski definition) is 0. The lowest BCUT2D eigenvalue weighted by atomic mass is 10.2. The number of aryl methyl sites for hydroxylation is 1. The van der Waals surface area contributed by atoms with Gasteiger partial charge in [0.2, 0.25) is 6.41 Å². The molecule has 0 aliphatic heterocycles. The predicted molar refractivity (Wildman–Crippen MR) is 127 cm³/mol. The van der Waals surface area contributed by atoms with Gasteiger partial charge in [-0.15, -0.1) is 0 Å². The van der Waals surface area contributed by atoms with Gasteiger partial charge in [0.15, 0.2) is 17.3 Å². The summed E-state index contributed by atoms with van der Waals surface area (Å²) in [6.07, 6.45) is 6.16. The number of methoxy groups -OCH3 is 1. The quantitative estimate of drug-likeness (QED) is 0.187. The van der Waals surface area contributed by atoms with Gasteiger partial charge in [-0.3, -0.25) is 14.7 Å². The minimum absolute atomic E-state index is 0.0521. The van der Waals surface area contributed by atoms with Gasteiger partial charge in [-0.2, -0.15) is 5.10 Å². The number of anilines is 1. The smallest absolute Gasteiger partial charge is 0.356 e. The summed E-state index contributed by atoms with van der Waals surface area (Å²) in [5.74, 6) is -1.49. The maximum Gasteiger partial charge on any atom is 0.356 e. The van der Waals surface area contributed by atoms with E-state index in [0.29, 0.717) is 34.9 Å². The third-order valence-electron chi connectivity index (χ3n) is 5.14. The third-order valence-corrected chi connectivity index (χ3v) is 5.14. The van der Waals surface area contributed by atoms with Crippen molar-refractivity contribution in [2.45, 2.75) is 34.3 Å². The normalized spacial score (nSPS) is 11.1. The Morgan fingerprint density at radius 1 is 1.17 bits per heavy atom. The third kappa shape index (κ3) is 5.80. The van der Waals surface area contributed by atoms with E-state index in [4.69, 9.17) is 9.47 Å². The molecule has 0 bridgehead atoms. The first kappa shape index (κ1) is 26.2. The van der Waals surface area contributed by atoms with E-state index in [0.717, 1.165) is 17.8 Å². The summed E-state index contributed by atoms with van der Waals surface area (Å²) in [4.78, 5) is 33.6. The molecule has 0 saturated carbocycles. The lowest BCUT2D eigenvalue weighted by Crippen LogP contribution is -2.21. The lowest BCUT2D eigenvalue weighted by molar-refractivity contribution is -0.107. The van der Waals surface area contributed by atoms with Gasteiger partial charge in [-0.1, -0.05) is 0 Å². The van der Waals surface area contributed by atoms with Crippen molar-refractivity contribution in [3.05, 3.63) is 88.5 Å². The highest BCUT2D eigenvalue weighted by molar-refractivity contribution is 5.88. The van der Waals surface area contributed by atoms with Crippen LogP contribution in [0.4, 0.5) is 14.5 Å². The molecular weight excluding hydrogens is 472 g/mol. The molecule has 188 valence electrons. The Balaban J connectivity index is 1.92. The van der Waals surface area contributed by atoms with Gasteiger partial charge in [0.1, 0.15) is 23.9 Å². The van der Waals surface area contributed by atoms with Crippen molar-refractivity contribution in [3.8, 4) is 5.82 Å². The van der Waals surface area contributed by atoms with E-state index in [1.807, 2.05) is 0 Å². The first-order chi connectivity index (χ1) is 17.2. The monoisotopic (exact) mass is 497 g/mol. The number of rotatable bonds is 9. The zero-order valence-electron chi connectivity index (χ0n) is 20.5. The topological polar surface area (TPSA) is 99.4 Å². The number of nitrogens with zero attached hydrogens (tertiary/aromatic N) is 5. The molecule has 0 aliphatic carbocycles. The maximum absolute atomic E-state index is 14.0. The molecule has 3 heterocycles. The predicted octanol–water partition coefficient (Wildman–Crippen LogP) is 4.41. The van der Waals surface area contributed by atoms with Crippen molar-refractivity contribution in [1.29, 1.82) is 0 Å². The SMILES string of the molecule is COC(=O)c1ccnn1-c1cc(N(C=O)/C(C)=C\C(OCc2ncc(F)cc2F)=C(C)C)c(C)cn1. The molecule has 3 aromatic heterocycles. The highest BCUT2D eigenvalue weighted by atomic mass is 19.1. The first-order valence-corrected chi connectivity index (χ1v) is 10.8. The fourth-order valence-electron chi connectivity index (χ4n) is 3.24. The molecule has 0 fully saturated rings. The average Bonchev–Trinajstić information content (AvgIpc) is 3.33. The van der Waals surface area contributed by atoms with Crippen molar-refractivity contribution in [2.24, 2.45) is 0 Å². The number of ether oxygens (including phenoxy) is 2. The number of aromatic nitrogens is 4. The highest BCUT2D eigenvalue weighted by Gasteiger charge is 2.18. The van der Waals surface area contributed by atoms with Gasteiger partial charge in [0.05, 0.1) is 25.2 Å². The number of pyridine rings is 2. The van der Waals surface area contributed by atoms with Crippen molar-refractivity contribution in [3.63, 3.8) is 0 Å². The summed E-state index contributed by atoms with van der Waals surface area (Å²) in [5.41, 5.74) is 2.55. The fraction of sp³-hybridized carbons (Fsp3) is 0.240. The molecule has 11 heteroatoms. The number of amides is 1. The molecule has 0 saturated heterocycles. The molecule has 0 unspecified atom stereocenters. The zero-order valence-corrected chi connectivity index (χ0v) is 20.5. The molecule has 0 aliphatic rings. The molecule has 3 aromatic rings. The largest absolute Gasteiger partial charge is 0.487 e. The molecule has 0 atom stereocenters. The highest BCUT2D eigenvalue weighted by Crippen LogP contribution is 2.26. The maximum atomic E-state index is 14.0. The minimum Gasteiger partial charge on any atom is -0.487 e. The van der Waals surface area contributed by atoms with E-state index < -0.39 is 17.6 Å². The van der Waals surface area contributed by atoms with Gasteiger partial charge in [-0.25, -0.2) is 23.2 Å². The second-order valence-corrected chi connectivity index (χ2v) is 7.94. The Labute approximate surface area is 206 Å². The van der Waals surface area contributed by atoms with E-state index in [2.05, 4.69) is 15.1 Å². The van der Waals surface area contributed by atoms with E-state index in [-0.39, 0.29) is 18.0 Å². The molecule has 0 aromatic carbocycles. The van der Waals surface area contributed by atoms with Crippen molar-refractivity contribution in [2.75, 3.05) is 12.0 Å². The van der Waals surface area contributed by atoms with Gasteiger partial charge in [0, 0.05) is 24.0 Å². The molecule has 0 N–H and O–H groups in total. The van der Waals surface area contributed by atoms with Gasteiger partial charge in [0.25, 0.3) is 0 Å². The van der Waals surface area contributed by atoms with Crippen molar-refractivity contribution in [1.82, 2.24) is 19.7 Å². The Morgan fingerprint density at radius 3 is 2.56 bits per heavy atom. The van der Waals surface area contributed by atoms with E-state index in [9.17, 15) is 18.4 Å². The van der Waals surface area contributed by atoms with Crippen LogP contribution < -0.4 is 4.90 Å². The van der Waals surface area contributed by atoms with E-state index in [1.54, 1.807) is 46.0 Å². The summed E-state index contributed by atoms with van der Waals surface area (Å²) in [7, 11) is 1.26. The molecule has 9 nitrogen and oxygen atoms in total. The molecular formula is C25H25F2N5O4. The number of hydrogen-bond acceptors (Lipinski definition) is 7. The van der Waals surface area contributed by atoms with Crippen LogP contribution >= 0.6 is 0 Å².